The number of phenolic OH excluding ortho intramolecular Hbond substituents is 1. The molecule has 1 unspecified atom stereocenters. The Morgan fingerprint density at radius 3 is 2.58 bits per heavy atom. The molecule has 0 radical (unpaired) electrons. The number of ketones is 3. The molecule has 3 aromatic rings. The SMILES string of the molecule is CN(C)[C@@H]1c2onc(OCc3ccccc3)c2C(=O)[C@@]2(O)C(=O)C3C(=O)c4c(O)ccc(F)c4C[C@H]3C[C@@H]12. The van der Waals surface area contributed by atoms with Crippen LogP contribution in [0.1, 0.15) is 50.1 Å². The smallest absolute Gasteiger partial charge is 0.265 e. The minimum Gasteiger partial charge on any atom is -0.507 e. The molecule has 196 valence electrons. The molecule has 0 amide bonds. The van der Waals surface area contributed by atoms with Crippen LogP contribution in [0.4, 0.5) is 4.39 Å². The third-order valence-electron chi connectivity index (χ3n) is 8.14. The molecule has 1 saturated carbocycles. The maximum absolute atomic E-state index is 14.7. The van der Waals surface area contributed by atoms with Gasteiger partial charge in [-0.3, -0.25) is 19.3 Å². The molecule has 2 aromatic carbocycles. The van der Waals surface area contributed by atoms with E-state index in [1.807, 2.05) is 30.3 Å². The lowest BCUT2D eigenvalue weighted by Crippen LogP contribution is -2.66. The number of ether oxygens (including phenoxy) is 1. The highest BCUT2D eigenvalue weighted by molar-refractivity contribution is 6.26. The van der Waals surface area contributed by atoms with E-state index < -0.39 is 58.3 Å². The van der Waals surface area contributed by atoms with Crippen LogP contribution in [-0.2, 0) is 17.8 Å². The number of carbonyl (C=O) groups excluding carboxylic acids is 3. The van der Waals surface area contributed by atoms with Crippen LogP contribution in [0, 0.1) is 23.6 Å². The van der Waals surface area contributed by atoms with Crippen LogP contribution in [-0.4, -0.2) is 57.3 Å². The molecule has 0 spiro atoms. The molecule has 10 heteroatoms. The van der Waals surface area contributed by atoms with Crippen LogP contribution in [0.25, 0.3) is 0 Å². The average molecular weight is 521 g/mol. The van der Waals surface area contributed by atoms with Crippen molar-refractivity contribution < 1.29 is 38.2 Å². The third kappa shape index (κ3) is 3.30. The number of phenols is 1. The highest BCUT2D eigenvalue weighted by atomic mass is 19.1. The van der Waals surface area contributed by atoms with Gasteiger partial charge < -0.3 is 19.5 Å². The van der Waals surface area contributed by atoms with Gasteiger partial charge in [-0.25, -0.2) is 4.39 Å². The van der Waals surface area contributed by atoms with E-state index in [9.17, 15) is 29.0 Å². The maximum Gasteiger partial charge on any atom is 0.265 e. The van der Waals surface area contributed by atoms with Crippen molar-refractivity contribution in [1.29, 1.82) is 0 Å². The van der Waals surface area contributed by atoms with Gasteiger partial charge in [0, 0.05) is 11.5 Å². The first-order chi connectivity index (χ1) is 18.1. The molecule has 1 aromatic heterocycles. The Bertz CT molecular complexity index is 1480. The van der Waals surface area contributed by atoms with Crippen LogP contribution < -0.4 is 4.74 Å². The molecule has 5 atom stereocenters. The van der Waals surface area contributed by atoms with Crippen molar-refractivity contribution >= 4 is 17.3 Å². The maximum atomic E-state index is 14.7. The number of carbonyl (C=O) groups is 3. The van der Waals surface area contributed by atoms with Crippen molar-refractivity contribution in [3.8, 4) is 11.6 Å². The molecule has 9 nitrogen and oxygen atoms in total. The van der Waals surface area contributed by atoms with Crippen LogP contribution in [0.2, 0.25) is 0 Å². The number of hydrogen-bond acceptors (Lipinski definition) is 9. The molecule has 1 heterocycles. The van der Waals surface area contributed by atoms with E-state index in [4.69, 9.17) is 9.26 Å². The predicted octanol–water partition coefficient (Wildman–Crippen LogP) is 2.89. The summed E-state index contributed by atoms with van der Waals surface area (Å²) in [6.45, 7) is 0.0698. The minimum absolute atomic E-state index is 0.00727. The summed E-state index contributed by atoms with van der Waals surface area (Å²) in [5.74, 6) is -6.83. The Kier molecular flexibility index (Phi) is 5.51. The fourth-order valence-electron chi connectivity index (χ4n) is 6.43. The first-order valence-corrected chi connectivity index (χ1v) is 12.3. The van der Waals surface area contributed by atoms with E-state index >= 15 is 0 Å². The number of hydrogen-bond donors (Lipinski definition) is 2. The number of aromatic nitrogens is 1. The molecule has 6 rings (SSSR count). The number of aromatic hydroxyl groups is 1. The van der Waals surface area contributed by atoms with Crippen molar-refractivity contribution in [1.82, 2.24) is 10.1 Å². The van der Waals surface area contributed by atoms with Crippen LogP contribution in [0.3, 0.4) is 0 Å². The lowest BCUT2D eigenvalue weighted by atomic mass is 9.54. The fourth-order valence-corrected chi connectivity index (χ4v) is 6.43. The summed E-state index contributed by atoms with van der Waals surface area (Å²) >= 11 is 0. The lowest BCUT2D eigenvalue weighted by molar-refractivity contribution is -0.153. The van der Waals surface area contributed by atoms with Crippen LogP contribution >= 0.6 is 0 Å². The van der Waals surface area contributed by atoms with E-state index in [1.165, 1.54) is 0 Å². The van der Waals surface area contributed by atoms with Crippen LogP contribution in [0.5, 0.6) is 11.6 Å². The minimum atomic E-state index is -2.56. The monoisotopic (exact) mass is 520 g/mol. The topological polar surface area (TPSA) is 130 Å². The van der Waals surface area contributed by atoms with Crippen molar-refractivity contribution in [3.05, 3.63) is 76.3 Å². The van der Waals surface area contributed by atoms with Gasteiger partial charge >= 0.3 is 0 Å². The summed E-state index contributed by atoms with van der Waals surface area (Å²) in [7, 11) is 3.43. The number of aliphatic hydroxyl groups is 1. The summed E-state index contributed by atoms with van der Waals surface area (Å²) < 4.78 is 26.0. The van der Waals surface area contributed by atoms with Crippen molar-refractivity contribution in [2.75, 3.05) is 14.1 Å². The Hall–Kier alpha value is -3.89. The van der Waals surface area contributed by atoms with Gasteiger partial charge in [0.1, 0.15) is 23.7 Å². The van der Waals surface area contributed by atoms with Gasteiger partial charge in [-0.05, 0) is 55.7 Å². The summed E-state index contributed by atoms with van der Waals surface area (Å²) in [6.07, 6.45) is 0.0788. The Morgan fingerprint density at radius 2 is 1.87 bits per heavy atom. The average Bonchev–Trinajstić information content (AvgIpc) is 3.31. The van der Waals surface area contributed by atoms with E-state index in [0.29, 0.717) is 0 Å². The van der Waals surface area contributed by atoms with Gasteiger partial charge in [-0.1, -0.05) is 30.3 Å². The van der Waals surface area contributed by atoms with Gasteiger partial charge in [-0.2, -0.15) is 0 Å². The van der Waals surface area contributed by atoms with Gasteiger partial charge in [0.25, 0.3) is 5.88 Å². The largest absolute Gasteiger partial charge is 0.507 e. The third-order valence-corrected chi connectivity index (χ3v) is 8.14. The number of fused-ring (bicyclic) bond motifs is 4. The lowest BCUT2D eigenvalue weighted by Gasteiger charge is -2.50. The zero-order valence-electron chi connectivity index (χ0n) is 20.7. The predicted molar refractivity (Wildman–Crippen MR) is 129 cm³/mol. The summed E-state index contributed by atoms with van der Waals surface area (Å²) in [4.78, 5) is 43.0. The van der Waals surface area contributed by atoms with Crippen molar-refractivity contribution in [3.63, 3.8) is 0 Å². The van der Waals surface area contributed by atoms with Crippen LogP contribution in [0.15, 0.2) is 47.0 Å². The van der Waals surface area contributed by atoms with Gasteiger partial charge in [0.15, 0.2) is 22.9 Å². The molecule has 3 aliphatic rings. The number of nitrogens with zero attached hydrogens (tertiary/aromatic N) is 2. The standard InChI is InChI=1S/C28H25FN2O7/c1-31(2)22-16-11-14-10-15-17(29)8-9-18(32)20(15)23(33)19(14)25(34)28(16,36)26(35)21-24(22)38-30-27(21)37-12-13-6-4-3-5-7-13/h3-9,14,16,19,22,32,36H,10-12H2,1-2H3/t14-,16-,19?,22-,28-/m0/s1. The Balaban J connectivity index is 1.43. The van der Waals surface area contributed by atoms with Gasteiger partial charge in [0.2, 0.25) is 5.78 Å². The molecular weight excluding hydrogens is 495 g/mol. The second-order valence-corrected chi connectivity index (χ2v) is 10.4. The normalized spacial score (nSPS) is 28.0. The first kappa shape index (κ1) is 24.4. The first-order valence-electron chi connectivity index (χ1n) is 12.3. The second-order valence-electron chi connectivity index (χ2n) is 10.4. The molecule has 38 heavy (non-hydrogen) atoms. The van der Waals surface area contributed by atoms with E-state index in [2.05, 4.69) is 5.16 Å². The number of benzene rings is 2. The highest BCUT2D eigenvalue weighted by Gasteiger charge is 2.67. The quantitative estimate of drug-likeness (QED) is 0.499. The molecule has 2 N–H and O–H groups in total. The molecule has 0 bridgehead atoms. The summed E-state index contributed by atoms with van der Waals surface area (Å²) in [5.41, 5.74) is -2.12. The van der Waals surface area contributed by atoms with Crippen molar-refractivity contribution in [2.45, 2.75) is 31.1 Å². The molecular formula is C28H25FN2O7. The Morgan fingerprint density at radius 1 is 1.13 bits per heavy atom. The van der Waals surface area contributed by atoms with Crippen molar-refractivity contribution in [2.24, 2.45) is 17.8 Å². The number of rotatable bonds is 4. The molecule has 1 fully saturated rings. The Labute approximate surface area is 216 Å². The number of halogens is 1. The molecule has 0 saturated heterocycles. The summed E-state index contributed by atoms with van der Waals surface area (Å²) in [6, 6.07) is 10.6. The highest BCUT2D eigenvalue weighted by Crippen LogP contribution is 2.55. The zero-order chi connectivity index (χ0) is 26.9. The second kappa shape index (κ2) is 8.57. The van der Waals surface area contributed by atoms with Gasteiger partial charge in [0.05, 0.1) is 17.5 Å². The van der Waals surface area contributed by atoms with Gasteiger partial charge in [-0.15, -0.1) is 0 Å². The van der Waals surface area contributed by atoms with E-state index in [-0.39, 0.29) is 47.8 Å². The van der Waals surface area contributed by atoms with E-state index in [1.54, 1.807) is 19.0 Å². The number of Topliss-reactive ketones (excluding diaryl/α,β-unsaturated/α-hetero) is 3. The van der Waals surface area contributed by atoms with E-state index in [0.717, 1.165) is 17.7 Å². The summed E-state index contributed by atoms with van der Waals surface area (Å²) in [5, 5.41) is 26.2. The molecule has 3 aliphatic carbocycles. The zero-order valence-corrected chi connectivity index (χ0v) is 20.7. The molecule has 0 aliphatic heterocycles. The fraction of sp³-hybridized carbons (Fsp3) is 0.357.